The topological polar surface area (TPSA) is 49.4 Å². The van der Waals surface area contributed by atoms with Gasteiger partial charge < -0.3 is 10.2 Å². The number of rotatable bonds is 3. The zero-order valence-electron chi connectivity index (χ0n) is 12.8. The summed E-state index contributed by atoms with van der Waals surface area (Å²) in [5, 5.41) is 3.59. The van der Waals surface area contributed by atoms with Crippen molar-refractivity contribution in [3.8, 4) is 0 Å². The van der Waals surface area contributed by atoms with Gasteiger partial charge in [0, 0.05) is 37.6 Å². The fourth-order valence-electron chi connectivity index (χ4n) is 3.11. The normalized spacial score (nSPS) is 25.4. The van der Waals surface area contributed by atoms with Gasteiger partial charge in [0.25, 0.3) is 0 Å². The van der Waals surface area contributed by atoms with E-state index in [1.807, 2.05) is 12.1 Å². The number of allylic oxidation sites excluding steroid dienone is 3. The first-order valence-electron chi connectivity index (χ1n) is 7.66. The molecule has 0 radical (unpaired) electrons. The van der Waals surface area contributed by atoms with Crippen LogP contribution < -0.4 is 10.2 Å². The zero-order valence-corrected chi connectivity index (χ0v) is 13.6. The van der Waals surface area contributed by atoms with E-state index in [0.717, 1.165) is 31.7 Å². The maximum atomic E-state index is 11.7. The van der Waals surface area contributed by atoms with Crippen LogP contribution in [0.5, 0.6) is 0 Å². The van der Waals surface area contributed by atoms with E-state index in [1.165, 1.54) is 6.26 Å². The minimum Gasteiger partial charge on any atom is -0.369 e. The van der Waals surface area contributed by atoms with Crippen molar-refractivity contribution in [2.45, 2.75) is 17.4 Å². The highest BCUT2D eigenvalue weighted by Crippen LogP contribution is 2.24. The summed E-state index contributed by atoms with van der Waals surface area (Å²) in [6.45, 7) is 2.72. The fourth-order valence-corrected chi connectivity index (χ4v) is 3.77. The highest BCUT2D eigenvalue weighted by molar-refractivity contribution is 7.90. The summed E-state index contributed by atoms with van der Waals surface area (Å²) in [6.07, 6.45) is 11.0. The molecule has 0 bridgehead atoms. The highest BCUT2D eigenvalue weighted by atomic mass is 32.2. The summed E-state index contributed by atoms with van der Waals surface area (Å²) < 4.78 is 23.5. The third-order valence-electron chi connectivity index (χ3n) is 4.35. The van der Waals surface area contributed by atoms with Gasteiger partial charge in [0.1, 0.15) is 0 Å². The average molecular weight is 318 g/mol. The van der Waals surface area contributed by atoms with Gasteiger partial charge >= 0.3 is 0 Å². The number of nitrogens with one attached hydrogen (secondary N) is 1. The second kappa shape index (κ2) is 6.26. The maximum Gasteiger partial charge on any atom is 0.175 e. The van der Waals surface area contributed by atoms with E-state index in [0.29, 0.717) is 16.9 Å². The standard InChI is InChI=1S/C17H22N2O2S/c1-22(20,21)16-9-5-8-15(12-16)19-11-10-18-17(13-19)14-6-3-2-4-7-14/h2-6,8-9,12,14,17-18H,7,10-11,13H2,1H3. The maximum absolute atomic E-state index is 11.7. The quantitative estimate of drug-likeness (QED) is 0.926. The Morgan fingerprint density at radius 3 is 2.86 bits per heavy atom. The van der Waals surface area contributed by atoms with Gasteiger partial charge in [-0.1, -0.05) is 30.4 Å². The molecule has 0 saturated carbocycles. The van der Waals surface area contributed by atoms with Crippen molar-refractivity contribution in [1.29, 1.82) is 0 Å². The minimum absolute atomic E-state index is 0.389. The monoisotopic (exact) mass is 318 g/mol. The van der Waals surface area contributed by atoms with Crippen LogP contribution in [0.1, 0.15) is 6.42 Å². The summed E-state index contributed by atoms with van der Waals surface area (Å²) in [5.41, 5.74) is 0.991. The molecule has 22 heavy (non-hydrogen) atoms. The smallest absolute Gasteiger partial charge is 0.175 e. The van der Waals surface area contributed by atoms with Crippen LogP contribution in [0, 0.1) is 5.92 Å². The molecular formula is C17H22N2O2S. The Kier molecular flexibility index (Phi) is 4.36. The van der Waals surface area contributed by atoms with Gasteiger partial charge in [0.05, 0.1) is 4.90 Å². The van der Waals surface area contributed by atoms with Gasteiger partial charge in [0.15, 0.2) is 9.84 Å². The van der Waals surface area contributed by atoms with Gasteiger partial charge in [-0.2, -0.15) is 0 Å². The van der Waals surface area contributed by atoms with Crippen molar-refractivity contribution in [2.75, 3.05) is 30.8 Å². The van der Waals surface area contributed by atoms with E-state index >= 15 is 0 Å². The lowest BCUT2D eigenvalue weighted by Crippen LogP contribution is -2.53. The van der Waals surface area contributed by atoms with E-state index in [-0.39, 0.29) is 0 Å². The van der Waals surface area contributed by atoms with Gasteiger partial charge in [-0.05, 0) is 30.5 Å². The van der Waals surface area contributed by atoms with Crippen LogP contribution in [0.25, 0.3) is 0 Å². The van der Waals surface area contributed by atoms with Crippen LogP contribution >= 0.6 is 0 Å². The lowest BCUT2D eigenvalue weighted by Gasteiger charge is -2.38. The number of anilines is 1. The van der Waals surface area contributed by atoms with Crippen molar-refractivity contribution in [1.82, 2.24) is 5.32 Å². The van der Waals surface area contributed by atoms with Crippen LogP contribution in [-0.4, -0.2) is 40.3 Å². The molecule has 3 rings (SSSR count). The summed E-state index contributed by atoms with van der Waals surface area (Å²) in [5.74, 6) is 0.505. The van der Waals surface area contributed by atoms with E-state index in [9.17, 15) is 8.42 Å². The number of hydrogen-bond acceptors (Lipinski definition) is 4. The molecule has 1 fully saturated rings. The second-order valence-electron chi connectivity index (χ2n) is 5.99. The molecule has 118 valence electrons. The number of benzene rings is 1. The molecule has 1 aliphatic heterocycles. The molecule has 1 N–H and O–H groups in total. The molecule has 0 aromatic heterocycles. The van der Waals surface area contributed by atoms with E-state index in [4.69, 9.17) is 0 Å². The van der Waals surface area contributed by atoms with Crippen LogP contribution in [0.3, 0.4) is 0 Å². The predicted octanol–water partition coefficient (Wildman–Crippen LogP) is 2.00. The third kappa shape index (κ3) is 3.42. The molecule has 2 atom stereocenters. The fraction of sp³-hybridized carbons (Fsp3) is 0.412. The van der Waals surface area contributed by atoms with Gasteiger partial charge in [0.2, 0.25) is 0 Å². The molecule has 1 aromatic rings. The molecule has 2 aliphatic rings. The molecule has 4 nitrogen and oxygen atoms in total. The van der Waals surface area contributed by atoms with Crippen LogP contribution in [0.15, 0.2) is 53.5 Å². The largest absolute Gasteiger partial charge is 0.369 e. The Morgan fingerprint density at radius 2 is 2.14 bits per heavy atom. The lowest BCUT2D eigenvalue weighted by atomic mass is 9.91. The molecule has 1 aromatic carbocycles. The molecule has 1 aliphatic carbocycles. The Hall–Kier alpha value is -1.59. The molecule has 2 unspecified atom stereocenters. The summed E-state index contributed by atoms with van der Waals surface area (Å²) in [4.78, 5) is 2.67. The SMILES string of the molecule is CS(=O)(=O)c1cccc(N2CCNC(C3C=CC=CC3)C2)c1. The van der Waals surface area contributed by atoms with Crippen molar-refractivity contribution < 1.29 is 8.42 Å². The van der Waals surface area contributed by atoms with Crippen molar-refractivity contribution in [3.63, 3.8) is 0 Å². The number of sulfone groups is 1. The van der Waals surface area contributed by atoms with Gasteiger partial charge in [-0.3, -0.25) is 0 Å². The number of piperazine rings is 1. The van der Waals surface area contributed by atoms with Crippen molar-refractivity contribution in [2.24, 2.45) is 5.92 Å². The Morgan fingerprint density at radius 1 is 1.27 bits per heavy atom. The Bertz CT molecular complexity index is 694. The first-order chi connectivity index (χ1) is 10.5. The summed E-state index contributed by atoms with van der Waals surface area (Å²) in [7, 11) is -3.16. The highest BCUT2D eigenvalue weighted by Gasteiger charge is 2.25. The Balaban J connectivity index is 1.77. The van der Waals surface area contributed by atoms with E-state index in [1.54, 1.807) is 12.1 Å². The lowest BCUT2D eigenvalue weighted by molar-refractivity contribution is 0.375. The summed E-state index contributed by atoms with van der Waals surface area (Å²) in [6, 6.07) is 7.66. The number of hydrogen-bond donors (Lipinski definition) is 1. The average Bonchev–Trinajstić information content (AvgIpc) is 2.55. The first kappa shape index (κ1) is 15.3. The molecule has 1 heterocycles. The third-order valence-corrected chi connectivity index (χ3v) is 5.46. The zero-order chi connectivity index (χ0) is 15.6. The molecule has 5 heteroatoms. The van der Waals surface area contributed by atoms with Crippen molar-refractivity contribution in [3.05, 3.63) is 48.6 Å². The molecular weight excluding hydrogens is 296 g/mol. The first-order valence-corrected chi connectivity index (χ1v) is 9.55. The second-order valence-corrected chi connectivity index (χ2v) is 8.00. The van der Waals surface area contributed by atoms with Crippen LogP contribution in [0.4, 0.5) is 5.69 Å². The minimum atomic E-state index is -3.16. The molecule has 0 amide bonds. The van der Waals surface area contributed by atoms with E-state index in [2.05, 4.69) is 34.5 Å². The van der Waals surface area contributed by atoms with Crippen molar-refractivity contribution >= 4 is 15.5 Å². The molecule has 1 saturated heterocycles. The van der Waals surface area contributed by atoms with Crippen LogP contribution in [0.2, 0.25) is 0 Å². The van der Waals surface area contributed by atoms with Crippen LogP contribution in [-0.2, 0) is 9.84 Å². The molecule has 0 spiro atoms. The van der Waals surface area contributed by atoms with Gasteiger partial charge in [-0.25, -0.2) is 8.42 Å². The van der Waals surface area contributed by atoms with Gasteiger partial charge in [-0.15, -0.1) is 0 Å². The number of nitrogens with zero attached hydrogens (tertiary/aromatic N) is 1. The Labute approximate surface area is 132 Å². The summed E-state index contributed by atoms with van der Waals surface area (Å²) >= 11 is 0. The predicted molar refractivity (Wildman–Crippen MR) is 89.9 cm³/mol. The van der Waals surface area contributed by atoms with E-state index < -0.39 is 9.84 Å².